The van der Waals surface area contributed by atoms with Gasteiger partial charge in [-0.1, -0.05) is 0 Å². The third-order valence-electron chi connectivity index (χ3n) is 5.97. The molecule has 1 amide bonds. The zero-order chi connectivity index (χ0) is 29.1. The van der Waals surface area contributed by atoms with Crippen LogP contribution in [0.1, 0.15) is 17.3 Å². The number of anilines is 1. The number of nitrogens with one attached hydrogen (secondary N) is 1. The van der Waals surface area contributed by atoms with Gasteiger partial charge in [0.2, 0.25) is 0 Å². The van der Waals surface area contributed by atoms with Gasteiger partial charge in [0.05, 0.1) is 18.5 Å². The summed E-state index contributed by atoms with van der Waals surface area (Å²) in [4.78, 5) is 30.5. The van der Waals surface area contributed by atoms with Gasteiger partial charge in [-0.2, -0.15) is 5.10 Å². The second-order valence-electron chi connectivity index (χ2n) is 8.73. The van der Waals surface area contributed by atoms with E-state index in [1.165, 1.54) is 42.9 Å². The normalized spacial score (nSPS) is 10.9. The SMILES string of the molecule is CCOc1ccn(-c2ccc(F)cc2)c(=O)c1C(=O)Nc1cc(F)c(Oc2ccncc2-c2cnn(C)c2)cc1F. The number of pyridine rings is 2. The third kappa shape index (κ3) is 5.66. The summed E-state index contributed by atoms with van der Waals surface area (Å²) in [5.74, 6) is -3.82. The molecular formula is C29H22F3N5O4. The van der Waals surface area contributed by atoms with Crippen LogP contribution in [0, 0.1) is 17.5 Å². The lowest BCUT2D eigenvalue weighted by molar-refractivity contribution is 0.102. The van der Waals surface area contributed by atoms with Gasteiger partial charge in [-0.3, -0.25) is 23.8 Å². The van der Waals surface area contributed by atoms with Crippen molar-refractivity contribution in [2.75, 3.05) is 11.9 Å². The largest absolute Gasteiger partial charge is 0.493 e. The van der Waals surface area contributed by atoms with Gasteiger partial charge >= 0.3 is 0 Å². The Morgan fingerprint density at radius 3 is 2.46 bits per heavy atom. The lowest BCUT2D eigenvalue weighted by Gasteiger charge is -2.15. The molecule has 0 atom stereocenters. The minimum Gasteiger partial charge on any atom is -0.493 e. The number of amides is 1. The molecule has 0 fully saturated rings. The molecule has 0 saturated carbocycles. The highest BCUT2D eigenvalue weighted by atomic mass is 19.1. The molecule has 0 unspecified atom stereocenters. The minimum atomic E-state index is -1.03. The zero-order valence-electron chi connectivity index (χ0n) is 21.8. The lowest BCUT2D eigenvalue weighted by atomic mass is 10.1. The Kier molecular flexibility index (Phi) is 7.55. The lowest BCUT2D eigenvalue weighted by Crippen LogP contribution is -2.29. The van der Waals surface area contributed by atoms with E-state index in [2.05, 4.69) is 15.4 Å². The molecule has 0 aliphatic heterocycles. The molecule has 12 heteroatoms. The van der Waals surface area contributed by atoms with Crippen LogP contribution in [0.5, 0.6) is 17.2 Å². The first-order valence-corrected chi connectivity index (χ1v) is 12.3. The summed E-state index contributed by atoms with van der Waals surface area (Å²) in [7, 11) is 1.73. The number of ether oxygens (including phenoxy) is 2. The molecule has 5 aromatic rings. The van der Waals surface area contributed by atoms with Crippen molar-refractivity contribution < 1.29 is 27.4 Å². The van der Waals surface area contributed by atoms with Crippen LogP contribution >= 0.6 is 0 Å². The van der Waals surface area contributed by atoms with Crippen LogP contribution in [0.15, 0.2) is 84.3 Å². The van der Waals surface area contributed by atoms with Crippen LogP contribution in [-0.2, 0) is 7.05 Å². The molecule has 1 N–H and O–H groups in total. The number of carbonyl (C=O) groups is 1. The van der Waals surface area contributed by atoms with E-state index in [0.29, 0.717) is 11.1 Å². The van der Waals surface area contributed by atoms with E-state index in [0.717, 1.165) is 28.8 Å². The first-order valence-electron chi connectivity index (χ1n) is 12.3. The fourth-order valence-corrected chi connectivity index (χ4v) is 4.06. The van der Waals surface area contributed by atoms with Crippen molar-refractivity contribution in [2.45, 2.75) is 6.92 Å². The van der Waals surface area contributed by atoms with Gasteiger partial charge in [0.15, 0.2) is 17.4 Å². The van der Waals surface area contributed by atoms with E-state index in [4.69, 9.17) is 9.47 Å². The summed E-state index contributed by atoms with van der Waals surface area (Å²) in [6.45, 7) is 1.79. The number of aryl methyl sites for hydroxylation is 1. The highest BCUT2D eigenvalue weighted by Gasteiger charge is 2.23. The Morgan fingerprint density at radius 1 is 0.976 bits per heavy atom. The van der Waals surface area contributed by atoms with Crippen LogP contribution in [-0.4, -0.2) is 31.8 Å². The number of rotatable bonds is 8. The molecule has 208 valence electrons. The van der Waals surface area contributed by atoms with Crippen molar-refractivity contribution in [3.05, 3.63) is 113 Å². The standard InChI is InChI=1S/C29H22F3N5O4/c1-3-40-25-9-11-37(19-6-4-18(30)5-7-19)29(39)27(25)28(38)35-23-12-22(32)26(13-21(23)31)41-24-8-10-33-15-20(24)17-14-34-36(2)16-17/h4-16H,3H2,1-2H3,(H,35,38). The van der Waals surface area contributed by atoms with Gasteiger partial charge in [-0.05, 0) is 43.3 Å². The van der Waals surface area contributed by atoms with Gasteiger partial charge in [0, 0.05) is 60.8 Å². The van der Waals surface area contributed by atoms with Crippen molar-refractivity contribution in [1.29, 1.82) is 0 Å². The van der Waals surface area contributed by atoms with Crippen molar-refractivity contribution >= 4 is 11.6 Å². The maximum absolute atomic E-state index is 15.1. The highest BCUT2D eigenvalue weighted by molar-refractivity contribution is 6.06. The fraction of sp³-hybridized carbons (Fsp3) is 0.103. The van der Waals surface area contributed by atoms with Gasteiger partial charge < -0.3 is 14.8 Å². The van der Waals surface area contributed by atoms with Crippen LogP contribution in [0.4, 0.5) is 18.9 Å². The Labute approximate surface area is 231 Å². The van der Waals surface area contributed by atoms with E-state index in [-0.39, 0.29) is 23.8 Å². The average Bonchev–Trinajstić information content (AvgIpc) is 3.38. The second-order valence-corrected chi connectivity index (χ2v) is 8.73. The molecule has 0 saturated heterocycles. The van der Waals surface area contributed by atoms with Crippen molar-refractivity contribution in [2.24, 2.45) is 7.05 Å². The fourth-order valence-electron chi connectivity index (χ4n) is 4.06. The summed E-state index contributed by atoms with van der Waals surface area (Å²) < 4.78 is 57.4. The summed E-state index contributed by atoms with van der Waals surface area (Å²) >= 11 is 0. The Bertz CT molecular complexity index is 1800. The molecule has 3 heterocycles. The quantitative estimate of drug-likeness (QED) is 0.269. The number of aromatic nitrogens is 4. The van der Waals surface area contributed by atoms with Crippen molar-refractivity contribution in [3.8, 4) is 34.1 Å². The summed E-state index contributed by atoms with van der Waals surface area (Å²) in [6, 6.07) is 9.43. The van der Waals surface area contributed by atoms with E-state index in [9.17, 15) is 14.0 Å². The van der Waals surface area contributed by atoms with Crippen LogP contribution in [0.25, 0.3) is 16.8 Å². The first-order chi connectivity index (χ1) is 19.7. The summed E-state index contributed by atoms with van der Waals surface area (Å²) in [6.07, 6.45) is 7.59. The second kappa shape index (κ2) is 11.4. The molecule has 0 spiro atoms. The number of hydrogen-bond acceptors (Lipinski definition) is 6. The Morgan fingerprint density at radius 2 is 1.76 bits per heavy atom. The summed E-state index contributed by atoms with van der Waals surface area (Å²) in [5, 5.41) is 6.34. The van der Waals surface area contributed by atoms with E-state index in [1.54, 1.807) is 31.0 Å². The molecule has 9 nitrogen and oxygen atoms in total. The maximum atomic E-state index is 15.1. The van der Waals surface area contributed by atoms with Crippen molar-refractivity contribution in [3.63, 3.8) is 0 Å². The molecule has 0 aliphatic carbocycles. The molecule has 41 heavy (non-hydrogen) atoms. The molecule has 0 aliphatic rings. The number of nitrogens with zero attached hydrogens (tertiary/aromatic N) is 4. The summed E-state index contributed by atoms with van der Waals surface area (Å²) in [5.41, 5.74) is -0.337. The average molecular weight is 562 g/mol. The molecule has 5 rings (SSSR count). The van der Waals surface area contributed by atoms with Gasteiger partial charge in [-0.15, -0.1) is 0 Å². The molecule has 0 bridgehead atoms. The predicted molar refractivity (Wildman–Crippen MR) is 144 cm³/mol. The number of carbonyl (C=O) groups excluding carboxylic acids is 1. The third-order valence-corrected chi connectivity index (χ3v) is 5.97. The number of hydrogen-bond donors (Lipinski definition) is 1. The van der Waals surface area contributed by atoms with Crippen LogP contribution < -0.4 is 20.3 Å². The van der Waals surface area contributed by atoms with E-state index >= 15 is 8.78 Å². The number of halogens is 3. The predicted octanol–water partition coefficient (Wildman–Crippen LogP) is 5.49. The topological polar surface area (TPSA) is 100 Å². The van der Waals surface area contributed by atoms with Gasteiger partial charge in [0.25, 0.3) is 11.5 Å². The molecule has 2 aromatic carbocycles. The molecule has 3 aromatic heterocycles. The maximum Gasteiger partial charge on any atom is 0.271 e. The van der Waals surface area contributed by atoms with Crippen LogP contribution in [0.3, 0.4) is 0 Å². The van der Waals surface area contributed by atoms with Crippen molar-refractivity contribution in [1.82, 2.24) is 19.3 Å². The Hall–Kier alpha value is -5.39. The van der Waals surface area contributed by atoms with Crippen LogP contribution in [0.2, 0.25) is 0 Å². The molecule has 0 radical (unpaired) electrons. The first kappa shape index (κ1) is 27.2. The smallest absolute Gasteiger partial charge is 0.271 e. The minimum absolute atomic E-state index is 0.0604. The van der Waals surface area contributed by atoms with E-state index < -0.39 is 45.9 Å². The number of benzene rings is 2. The Balaban J connectivity index is 1.45. The monoisotopic (exact) mass is 561 g/mol. The zero-order valence-corrected chi connectivity index (χ0v) is 21.8. The highest BCUT2D eigenvalue weighted by Crippen LogP contribution is 2.35. The van der Waals surface area contributed by atoms with Gasteiger partial charge in [0.1, 0.15) is 22.9 Å². The van der Waals surface area contributed by atoms with E-state index in [1.807, 2.05) is 0 Å². The van der Waals surface area contributed by atoms with Gasteiger partial charge in [-0.25, -0.2) is 13.2 Å². The molecular weight excluding hydrogens is 539 g/mol.